The van der Waals surface area contributed by atoms with Gasteiger partial charge in [0.15, 0.2) is 5.13 Å². The Morgan fingerprint density at radius 1 is 1.59 bits per heavy atom. The van der Waals surface area contributed by atoms with Crippen LogP contribution in [-0.4, -0.2) is 13.4 Å². The molecule has 17 heavy (non-hydrogen) atoms. The number of aromatic nitrogens is 1. The highest BCUT2D eigenvalue weighted by Crippen LogP contribution is 2.22. The third-order valence-corrected chi connectivity index (χ3v) is 3.98. The minimum absolute atomic E-state index is 0.168. The number of nitrogens with one attached hydrogen (secondary N) is 1. The van der Waals surface area contributed by atoms with Gasteiger partial charge in [0.05, 0.1) is 0 Å². The highest BCUT2D eigenvalue weighted by molar-refractivity contribution is 7.96. The molecule has 94 valence electrons. The average Bonchev–Trinajstić information content (AvgIpc) is 2.65. The second-order valence-electron chi connectivity index (χ2n) is 3.07. The summed E-state index contributed by atoms with van der Waals surface area (Å²) < 4.78 is 39.0. The van der Waals surface area contributed by atoms with Crippen molar-refractivity contribution >= 4 is 38.1 Å². The molecule has 0 aliphatic carbocycles. The summed E-state index contributed by atoms with van der Waals surface area (Å²) in [7, 11) is -4.00. The molecule has 1 aromatic heterocycles. The Hall–Kier alpha value is -0.920. The number of halogens is 2. The van der Waals surface area contributed by atoms with Crippen molar-refractivity contribution in [3.63, 3.8) is 0 Å². The van der Waals surface area contributed by atoms with Gasteiger partial charge in [-0.25, -0.2) is 17.8 Å². The first-order valence-corrected chi connectivity index (χ1v) is 7.19. The molecule has 8 heteroatoms. The van der Waals surface area contributed by atoms with Gasteiger partial charge in [0.25, 0.3) is 10.0 Å². The molecule has 1 rings (SSSR count). The number of allylic oxidation sites excluding steroid dienone is 3. The summed E-state index contributed by atoms with van der Waals surface area (Å²) in [6, 6.07) is 0. The molecule has 0 aliphatic rings. The number of anilines is 1. The third kappa shape index (κ3) is 4.10. The Morgan fingerprint density at radius 3 is 2.65 bits per heavy atom. The van der Waals surface area contributed by atoms with Crippen molar-refractivity contribution in [2.45, 2.75) is 13.8 Å². The second kappa shape index (κ2) is 5.61. The van der Waals surface area contributed by atoms with Crippen LogP contribution in [0.5, 0.6) is 0 Å². The summed E-state index contributed by atoms with van der Waals surface area (Å²) >= 11 is 6.66. The fourth-order valence-corrected chi connectivity index (χ4v) is 3.15. The molecule has 0 saturated carbocycles. The van der Waals surface area contributed by atoms with Crippen LogP contribution >= 0.6 is 22.9 Å². The zero-order valence-electron chi connectivity index (χ0n) is 9.07. The minimum atomic E-state index is -4.00. The van der Waals surface area contributed by atoms with Gasteiger partial charge < -0.3 is 0 Å². The SMILES string of the molecule is CC(Cl)=CC(=C(C)F)S(=O)(=O)Nc1nccs1. The molecule has 0 spiro atoms. The molecule has 4 nitrogen and oxygen atoms in total. The normalized spacial score (nSPS) is 14.5. The number of hydrogen-bond donors (Lipinski definition) is 1. The summed E-state index contributed by atoms with van der Waals surface area (Å²) in [5, 5.41) is 1.94. The van der Waals surface area contributed by atoms with Crippen LogP contribution in [0, 0.1) is 0 Å². The predicted octanol–water partition coefficient (Wildman–Crippen LogP) is 3.23. The predicted molar refractivity (Wildman–Crippen MR) is 68.1 cm³/mol. The van der Waals surface area contributed by atoms with Crippen LogP contribution in [0.2, 0.25) is 0 Å². The first-order valence-electron chi connectivity index (χ1n) is 4.45. The van der Waals surface area contributed by atoms with Crippen LogP contribution in [0.15, 0.2) is 33.4 Å². The molecular formula is C9H10ClFN2O2S2. The molecule has 1 N–H and O–H groups in total. The number of sulfonamides is 1. The van der Waals surface area contributed by atoms with Crippen molar-refractivity contribution in [2.75, 3.05) is 4.72 Å². The number of hydrogen-bond acceptors (Lipinski definition) is 4. The highest BCUT2D eigenvalue weighted by atomic mass is 35.5. The van der Waals surface area contributed by atoms with E-state index in [0.717, 1.165) is 24.3 Å². The van der Waals surface area contributed by atoms with Gasteiger partial charge in [-0.2, -0.15) is 0 Å². The first-order chi connectivity index (χ1) is 7.83. The van der Waals surface area contributed by atoms with E-state index in [2.05, 4.69) is 9.71 Å². The van der Waals surface area contributed by atoms with Crippen molar-refractivity contribution in [1.29, 1.82) is 0 Å². The van der Waals surface area contributed by atoms with Crippen molar-refractivity contribution in [3.8, 4) is 0 Å². The topological polar surface area (TPSA) is 59.1 Å². The van der Waals surface area contributed by atoms with Gasteiger partial charge >= 0.3 is 0 Å². The zero-order valence-corrected chi connectivity index (χ0v) is 11.5. The second-order valence-corrected chi connectivity index (χ2v) is 6.21. The minimum Gasteiger partial charge on any atom is -0.255 e. The Kier molecular flexibility index (Phi) is 4.67. The van der Waals surface area contributed by atoms with Crippen LogP contribution in [0.4, 0.5) is 9.52 Å². The van der Waals surface area contributed by atoms with Crippen LogP contribution in [0.25, 0.3) is 0 Å². The molecule has 1 heterocycles. The first kappa shape index (κ1) is 14.1. The summed E-state index contributed by atoms with van der Waals surface area (Å²) in [5.41, 5.74) is 0. The van der Waals surface area contributed by atoms with Gasteiger partial charge in [-0.05, 0) is 19.9 Å². The number of thiazole rings is 1. The van der Waals surface area contributed by atoms with Crippen molar-refractivity contribution < 1.29 is 12.8 Å². The number of nitrogens with zero attached hydrogens (tertiary/aromatic N) is 1. The van der Waals surface area contributed by atoms with Gasteiger partial charge in [0.2, 0.25) is 0 Å². The summed E-state index contributed by atoms with van der Waals surface area (Å²) in [5.74, 6) is -0.839. The van der Waals surface area contributed by atoms with Gasteiger partial charge in [-0.3, -0.25) is 4.72 Å². The lowest BCUT2D eigenvalue weighted by Gasteiger charge is -2.06. The van der Waals surface area contributed by atoms with E-state index in [1.165, 1.54) is 13.1 Å². The largest absolute Gasteiger partial charge is 0.266 e. The van der Waals surface area contributed by atoms with Crippen molar-refractivity contribution in [2.24, 2.45) is 0 Å². The fraction of sp³-hybridized carbons (Fsp3) is 0.222. The van der Waals surface area contributed by atoms with E-state index < -0.39 is 20.8 Å². The standard InChI is InChI=1S/C9H10ClFN2O2S2/c1-6(10)5-8(7(2)11)17(14,15)13-9-12-3-4-16-9/h3-5H,1-2H3,(H,12,13). The Bertz CT molecular complexity index is 542. The lowest BCUT2D eigenvalue weighted by Crippen LogP contribution is -2.14. The van der Waals surface area contributed by atoms with E-state index in [0.29, 0.717) is 0 Å². The van der Waals surface area contributed by atoms with E-state index in [-0.39, 0.29) is 10.2 Å². The maximum Gasteiger partial charge on any atom is 0.266 e. The van der Waals surface area contributed by atoms with Gasteiger partial charge in [0.1, 0.15) is 10.7 Å². The maximum atomic E-state index is 13.2. The quantitative estimate of drug-likeness (QED) is 0.868. The Balaban J connectivity index is 3.12. The van der Waals surface area contributed by atoms with E-state index in [9.17, 15) is 12.8 Å². The van der Waals surface area contributed by atoms with Crippen LogP contribution in [0.1, 0.15) is 13.8 Å². The molecule has 0 aromatic carbocycles. The van der Waals surface area contributed by atoms with Crippen LogP contribution in [-0.2, 0) is 10.0 Å². The van der Waals surface area contributed by atoms with Crippen LogP contribution in [0.3, 0.4) is 0 Å². The average molecular weight is 297 g/mol. The maximum absolute atomic E-state index is 13.2. The molecule has 0 fully saturated rings. The third-order valence-electron chi connectivity index (χ3n) is 1.61. The molecule has 0 aliphatic heterocycles. The monoisotopic (exact) mass is 296 g/mol. The molecule has 0 saturated heterocycles. The molecule has 1 aromatic rings. The van der Waals surface area contributed by atoms with Gasteiger partial charge in [0, 0.05) is 16.6 Å². The Labute approximate surface area is 108 Å². The summed E-state index contributed by atoms with van der Waals surface area (Å²) in [6.45, 7) is 2.51. The molecule has 0 unspecified atom stereocenters. The summed E-state index contributed by atoms with van der Waals surface area (Å²) in [6.07, 6.45) is 2.49. The van der Waals surface area contributed by atoms with Gasteiger partial charge in [-0.15, -0.1) is 11.3 Å². The number of rotatable bonds is 4. The van der Waals surface area contributed by atoms with E-state index in [1.807, 2.05) is 0 Å². The van der Waals surface area contributed by atoms with E-state index in [1.54, 1.807) is 5.38 Å². The van der Waals surface area contributed by atoms with E-state index in [4.69, 9.17) is 11.6 Å². The van der Waals surface area contributed by atoms with Crippen LogP contribution < -0.4 is 4.72 Å². The smallest absolute Gasteiger partial charge is 0.255 e. The molecule has 0 atom stereocenters. The lowest BCUT2D eigenvalue weighted by atomic mass is 10.4. The van der Waals surface area contributed by atoms with Crippen molar-refractivity contribution in [3.05, 3.63) is 33.4 Å². The Morgan fingerprint density at radius 2 is 2.24 bits per heavy atom. The lowest BCUT2D eigenvalue weighted by molar-refractivity contribution is 0.599. The molecule has 0 bridgehead atoms. The summed E-state index contributed by atoms with van der Waals surface area (Å²) in [4.78, 5) is 3.25. The van der Waals surface area contributed by atoms with E-state index >= 15 is 0 Å². The fourth-order valence-electron chi connectivity index (χ4n) is 0.987. The molecular weight excluding hydrogens is 287 g/mol. The zero-order chi connectivity index (χ0) is 13.1. The molecule has 0 amide bonds. The molecule has 0 radical (unpaired) electrons. The van der Waals surface area contributed by atoms with Gasteiger partial charge in [-0.1, -0.05) is 11.6 Å². The van der Waals surface area contributed by atoms with Crippen molar-refractivity contribution in [1.82, 2.24) is 4.98 Å². The highest BCUT2D eigenvalue weighted by Gasteiger charge is 2.20.